The first-order valence-corrected chi connectivity index (χ1v) is 7.09. The summed E-state index contributed by atoms with van der Waals surface area (Å²) in [5.74, 6) is 0. The molecule has 1 aromatic rings. The highest BCUT2D eigenvalue weighted by Gasteiger charge is 2.43. The molecule has 1 saturated heterocycles. The largest absolute Gasteiger partial charge is 0.394 e. The third-order valence-corrected chi connectivity index (χ3v) is 4.00. The molecule has 0 unspecified atom stereocenters. The number of benzene rings is 1. The fraction of sp³-hybridized carbons (Fsp3) is 0.571. The minimum atomic E-state index is -1.55. The Bertz CT molecular complexity index is 593. The monoisotopic (exact) mass is 328 g/mol. The molecule has 0 radical (unpaired) electrons. The van der Waals surface area contributed by atoms with E-state index in [9.17, 15) is 25.4 Å². The standard InChI is InChI=1S/C14H20N2O7/c1-6-3-8(9(16(21)22)4-7(6)2)15-14-13(20)12(19)11(18)10(5-17)23-14/h3-4,10-15,17-20H,5H2,1-2H3/t10-,11+,12+,13+,14-/m1/s1. The van der Waals surface area contributed by atoms with Gasteiger partial charge in [0.2, 0.25) is 0 Å². The van der Waals surface area contributed by atoms with Gasteiger partial charge >= 0.3 is 0 Å². The Morgan fingerprint density at radius 1 is 1.17 bits per heavy atom. The molecular formula is C14H20N2O7. The van der Waals surface area contributed by atoms with Gasteiger partial charge in [0.1, 0.15) is 30.1 Å². The Labute approximate surface area is 132 Å². The van der Waals surface area contributed by atoms with Crippen LogP contribution in [0.3, 0.4) is 0 Å². The molecule has 1 aliphatic rings. The average Bonchev–Trinajstić information content (AvgIpc) is 2.50. The number of hydrogen-bond acceptors (Lipinski definition) is 8. The zero-order valence-corrected chi connectivity index (χ0v) is 12.7. The highest BCUT2D eigenvalue weighted by molar-refractivity contribution is 5.64. The second-order valence-corrected chi connectivity index (χ2v) is 5.60. The van der Waals surface area contributed by atoms with Crippen molar-refractivity contribution in [2.45, 2.75) is 44.5 Å². The maximum Gasteiger partial charge on any atom is 0.292 e. The number of ether oxygens (including phenoxy) is 1. The number of nitrogens with one attached hydrogen (secondary N) is 1. The lowest BCUT2D eigenvalue weighted by Gasteiger charge is -2.40. The van der Waals surface area contributed by atoms with Crippen LogP contribution in [0.5, 0.6) is 0 Å². The van der Waals surface area contributed by atoms with Crippen molar-refractivity contribution in [2.75, 3.05) is 11.9 Å². The second kappa shape index (κ2) is 6.77. The summed E-state index contributed by atoms with van der Waals surface area (Å²) in [5.41, 5.74) is 1.44. The molecular weight excluding hydrogens is 308 g/mol. The van der Waals surface area contributed by atoms with Crippen molar-refractivity contribution in [3.05, 3.63) is 33.4 Å². The molecule has 0 aromatic heterocycles. The van der Waals surface area contributed by atoms with Crippen LogP contribution >= 0.6 is 0 Å². The molecule has 0 aliphatic carbocycles. The van der Waals surface area contributed by atoms with E-state index in [4.69, 9.17) is 9.84 Å². The minimum absolute atomic E-state index is 0.113. The second-order valence-electron chi connectivity index (χ2n) is 5.60. The number of aryl methyl sites for hydroxylation is 2. The van der Waals surface area contributed by atoms with Crippen molar-refractivity contribution in [3.8, 4) is 0 Å². The maximum absolute atomic E-state index is 11.2. The van der Waals surface area contributed by atoms with Gasteiger partial charge in [-0.2, -0.15) is 0 Å². The van der Waals surface area contributed by atoms with Crippen LogP contribution in [0.4, 0.5) is 11.4 Å². The first kappa shape index (κ1) is 17.6. The number of rotatable bonds is 4. The van der Waals surface area contributed by atoms with Crippen LogP contribution in [0, 0.1) is 24.0 Å². The third kappa shape index (κ3) is 3.43. The van der Waals surface area contributed by atoms with E-state index in [2.05, 4.69) is 5.32 Å². The molecule has 9 nitrogen and oxygen atoms in total. The predicted octanol–water partition coefficient (Wildman–Crippen LogP) is -0.577. The van der Waals surface area contributed by atoms with E-state index < -0.39 is 42.2 Å². The van der Waals surface area contributed by atoms with Gasteiger partial charge in [0, 0.05) is 6.07 Å². The van der Waals surface area contributed by atoms with Gasteiger partial charge in [0.05, 0.1) is 11.5 Å². The normalized spacial score (nSPS) is 31.0. The Morgan fingerprint density at radius 3 is 2.35 bits per heavy atom. The molecule has 2 rings (SSSR count). The number of aliphatic hydroxyl groups is 4. The number of nitrogens with zero attached hydrogens (tertiary/aromatic N) is 1. The molecule has 5 N–H and O–H groups in total. The predicted molar refractivity (Wildman–Crippen MR) is 80.0 cm³/mol. The van der Waals surface area contributed by atoms with Gasteiger partial charge in [-0.15, -0.1) is 0 Å². The lowest BCUT2D eigenvalue weighted by molar-refractivity contribution is -0.384. The quantitative estimate of drug-likeness (QED) is 0.365. The van der Waals surface area contributed by atoms with Crippen molar-refractivity contribution < 1.29 is 30.1 Å². The third-order valence-electron chi connectivity index (χ3n) is 4.00. The van der Waals surface area contributed by atoms with Gasteiger partial charge in [-0.05, 0) is 31.0 Å². The molecule has 1 aromatic carbocycles. The number of nitro groups is 1. The van der Waals surface area contributed by atoms with E-state index in [1.54, 1.807) is 13.8 Å². The summed E-state index contributed by atoms with van der Waals surface area (Å²) in [6, 6.07) is 2.93. The van der Waals surface area contributed by atoms with E-state index >= 15 is 0 Å². The van der Waals surface area contributed by atoms with Crippen LogP contribution in [0.25, 0.3) is 0 Å². The van der Waals surface area contributed by atoms with Gasteiger partial charge in [0.25, 0.3) is 5.69 Å². The summed E-state index contributed by atoms with van der Waals surface area (Å²) in [7, 11) is 0. The number of nitro benzene ring substituents is 1. The van der Waals surface area contributed by atoms with E-state index in [-0.39, 0.29) is 11.4 Å². The Balaban J connectivity index is 2.30. The average molecular weight is 328 g/mol. The Hall–Kier alpha value is -1.78. The Morgan fingerprint density at radius 2 is 1.78 bits per heavy atom. The molecule has 1 aliphatic heterocycles. The van der Waals surface area contributed by atoms with Crippen LogP contribution in [-0.2, 0) is 4.74 Å². The summed E-state index contributed by atoms with van der Waals surface area (Å²) in [5, 5.41) is 52.5. The number of anilines is 1. The highest BCUT2D eigenvalue weighted by Crippen LogP contribution is 2.31. The first-order chi connectivity index (χ1) is 10.8. The zero-order valence-electron chi connectivity index (χ0n) is 12.7. The zero-order chi connectivity index (χ0) is 17.3. The summed E-state index contributed by atoms with van der Waals surface area (Å²) in [6.45, 7) is 2.94. The molecule has 1 heterocycles. The molecule has 0 bridgehead atoms. The van der Waals surface area contributed by atoms with Crippen molar-refractivity contribution >= 4 is 11.4 Å². The molecule has 0 saturated carbocycles. The van der Waals surface area contributed by atoms with Crippen LogP contribution < -0.4 is 5.32 Å². The van der Waals surface area contributed by atoms with Crippen molar-refractivity contribution in [3.63, 3.8) is 0 Å². The minimum Gasteiger partial charge on any atom is -0.394 e. The topological polar surface area (TPSA) is 145 Å². The molecule has 9 heteroatoms. The van der Waals surface area contributed by atoms with Crippen molar-refractivity contribution in [1.29, 1.82) is 0 Å². The van der Waals surface area contributed by atoms with Crippen molar-refractivity contribution in [2.24, 2.45) is 0 Å². The summed E-state index contributed by atoms with van der Waals surface area (Å²) < 4.78 is 5.30. The molecule has 5 atom stereocenters. The summed E-state index contributed by atoms with van der Waals surface area (Å²) >= 11 is 0. The van der Waals surface area contributed by atoms with E-state index in [1.165, 1.54) is 12.1 Å². The molecule has 0 amide bonds. The lowest BCUT2D eigenvalue weighted by atomic mass is 9.98. The van der Waals surface area contributed by atoms with E-state index in [0.29, 0.717) is 0 Å². The number of aliphatic hydroxyl groups excluding tert-OH is 4. The fourth-order valence-electron chi connectivity index (χ4n) is 2.44. The molecule has 128 valence electrons. The van der Waals surface area contributed by atoms with Crippen molar-refractivity contribution in [1.82, 2.24) is 0 Å². The fourth-order valence-corrected chi connectivity index (χ4v) is 2.44. The molecule has 1 fully saturated rings. The van der Waals surface area contributed by atoms with Crippen LogP contribution in [0.15, 0.2) is 12.1 Å². The van der Waals surface area contributed by atoms with Gasteiger partial charge in [0.15, 0.2) is 6.23 Å². The lowest BCUT2D eigenvalue weighted by Crippen LogP contribution is -2.60. The molecule has 23 heavy (non-hydrogen) atoms. The maximum atomic E-state index is 11.2. The Kier molecular flexibility index (Phi) is 5.17. The van der Waals surface area contributed by atoms with Crippen LogP contribution in [-0.4, -0.2) is 62.6 Å². The van der Waals surface area contributed by atoms with E-state index in [1.807, 2.05) is 0 Å². The van der Waals surface area contributed by atoms with E-state index in [0.717, 1.165) is 11.1 Å². The number of hydrogen-bond donors (Lipinski definition) is 5. The molecule has 0 spiro atoms. The van der Waals surface area contributed by atoms with Gasteiger partial charge in [-0.25, -0.2) is 0 Å². The van der Waals surface area contributed by atoms with Crippen LogP contribution in [0.1, 0.15) is 11.1 Å². The summed E-state index contributed by atoms with van der Waals surface area (Å²) in [6.07, 6.45) is -6.86. The highest BCUT2D eigenvalue weighted by atomic mass is 16.6. The van der Waals surface area contributed by atoms with Gasteiger partial charge < -0.3 is 30.5 Å². The van der Waals surface area contributed by atoms with Gasteiger partial charge in [-0.1, -0.05) is 0 Å². The van der Waals surface area contributed by atoms with Crippen LogP contribution in [0.2, 0.25) is 0 Å². The summed E-state index contributed by atoms with van der Waals surface area (Å²) in [4.78, 5) is 10.6. The first-order valence-electron chi connectivity index (χ1n) is 7.09. The van der Waals surface area contributed by atoms with Gasteiger partial charge in [-0.3, -0.25) is 10.1 Å². The SMILES string of the molecule is Cc1cc(N[C@@H]2O[C@H](CO)[C@H](O)[C@H](O)[C@@H]2O)c([N+](=O)[O-])cc1C. The smallest absolute Gasteiger partial charge is 0.292 e.